The Morgan fingerprint density at radius 3 is 1.07 bits per heavy atom. The van der Waals surface area contributed by atoms with Gasteiger partial charge in [-0.05, 0) is 151 Å². The minimum Gasteiger partial charge on any atom is -1.00 e. The van der Waals surface area contributed by atoms with Gasteiger partial charge >= 0.3 is 30.1 Å². The lowest BCUT2D eigenvalue weighted by molar-refractivity contribution is -0.659. The lowest BCUT2D eigenvalue weighted by Crippen LogP contribution is -3.00. The van der Waals surface area contributed by atoms with Crippen molar-refractivity contribution in [2.45, 2.75) is 198 Å². The number of aliphatic carboxylic acids is 1. The summed E-state index contributed by atoms with van der Waals surface area (Å²) in [5.74, 6) is -6.43. The average molecular weight is 1660 g/mol. The first-order chi connectivity index (χ1) is 55.1. The lowest BCUT2D eigenvalue weighted by atomic mass is 9.74. The zero-order valence-electron chi connectivity index (χ0n) is 67.8. The molecule has 0 radical (unpaired) electrons. The molecule has 0 unspecified atom stereocenters. The number of hydrogen-bond acceptors (Lipinski definition) is 12. The third-order valence-electron chi connectivity index (χ3n) is 24.5. The number of carboxylic acid groups (broad SMARTS) is 1. The van der Waals surface area contributed by atoms with Crippen LogP contribution in [0.1, 0.15) is 166 Å². The third kappa shape index (κ3) is 20.1. The predicted molar refractivity (Wildman–Crippen MR) is 418 cm³/mol. The van der Waals surface area contributed by atoms with Crippen LogP contribution >= 0.6 is 0 Å². The van der Waals surface area contributed by atoms with E-state index >= 15 is 0 Å². The highest BCUT2D eigenvalue weighted by molar-refractivity contribution is 6.09. The Bertz CT molecular complexity index is 4910. The van der Waals surface area contributed by atoms with E-state index in [9.17, 15) is 83.9 Å². The highest BCUT2D eigenvalue weighted by Crippen LogP contribution is 2.43. The largest absolute Gasteiger partial charge is 1.00 e. The van der Waals surface area contributed by atoms with Gasteiger partial charge in [0.2, 0.25) is 5.91 Å². The fraction of sp³-hybridized carbons (Fsp3) is 0.455. The number of carbonyl (C=O) groups excluding carboxylic acids is 11. The molecule has 2 saturated carbocycles. The molecule has 3 saturated heterocycles. The molecule has 0 aromatic heterocycles. The number of nitrogens with two attached hydrogens (primary N) is 1. The Hall–Kier alpha value is -10.8. The Morgan fingerprint density at radius 1 is 0.432 bits per heavy atom. The maximum Gasteiger partial charge on any atom is 0.324 e. The molecule has 0 bridgehead atoms. The van der Waals surface area contributed by atoms with Crippen molar-refractivity contribution in [3.8, 4) is 0 Å². The number of quaternary nitrogens is 1. The number of carboxylic acids is 1. The molecule has 5 fully saturated rings. The first-order valence-corrected chi connectivity index (χ1v) is 39.5. The van der Waals surface area contributed by atoms with Gasteiger partial charge in [-0.3, -0.25) is 54.3 Å². The van der Waals surface area contributed by atoms with Crippen LogP contribution in [-0.2, 0) is 116 Å². The molecular formula is C88H101ClF6N10O13. The Morgan fingerprint density at radius 2 is 0.746 bits per heavy atom. The summed E-state index contributed by atoms with van der Waals surface area (Å²) in [4.78, 5) is 158. The number of halogens is 7. The number of Topliss-reactive ketones (excluding diaryl/α,β-unsaturated/α-hetero) is 3. The van der Waals surface area contributed by atoms with E-state index in [1.54, 1.807) is 39.6 Å². The van der Waals surface area contributed by atoms with E-state index in [1.165, 1.54) is 60.1 Å². The fourth-order valence-corrected chi connectivity index (χ4v) is 17.2. The first kappa shape index (κ1) is 89.5. The van der Waals surface area contributed by atoms with Gasteiger partial charge in [-0.2, -0.15) is 0 Å². The Kier molecular flexibility index (Phi) is 27.5. The number of amides is 12. The van der Waals surface area contributed by atoms with Crippen LogP contribution in [0.5, 0.6) is 0 Å². The van der Waals surface area contributed by atoms with Gasteiger partial charge in [-0.15, -0.1) is 0 Å². The van der Waals surface area contributed by atoms with Gasteiger partial charge in [-0.1, -0.05) is 100 Å². The molecule has 3 heterocycles. The normalized spacial score (nSPS) is 20.3. The maximum absolute atomic E-state index is 13.9. The summed E-state index contributed by atoms with van der Waals surface area (Å²) in [6, 6.07) is 24.7. The molecule has 118 heavy (non-hydrogen) atoms. The van der Waals surface area contributed by atoms with Crippen molar-refractivity contribution < 1.29 is 107 Å². The molecule has 30 heteroatoms. The molecule has 3 spiro atoms. The van der Waals surface area contributed by atoms with Crippen molar-refractivity contribution in [2.75, 3.05) is 47.8 Å². The van der Waals surface area contributed by atoms with Crippen LogP contribution in [0.25, 0.3) is 0 Å². The van der Waals surface area contributed by atoms with E-state index in [0.29, 0.717) is 74.6 Å². The Labute approximate surface area is 687 Å². The highest BCUT2D eigenvalue weighted by Gasteiger charge is 2.57. The monoisotopic (exact) mass is 1650 g/mol. The number of hydrogen-bond donors (Lipinski definition) is 5. The number of nitrogens with zero attached hydrogens (tertiary/aromatic N) is 6. The fourth-order valence-electron chi connectivity index (χ4n) is 17.2. The van der Waals surface area contributed by atoms with Crippen LogP contribution in [0.4, 0.5) is 45.5 Å². The molecule has 8 aliphatic rings. The summed E-state index contributed by atoms with van der Waals surface area (Å²) in [6.07, 6.45) is 12.2. The van der Waals surface area contributed by atoms with E-state index in [1.807, 2.05) is 83.1 Å². The van der Waals surface area contributed by atoms with Crippen molar-refractivity contribution in [3.05, 3.63) is 211 Å². The van der Waals surface area contributed by atoms with Gasteiger partial charge in [0, 0.05) is 134 Å². The molecule has 6 N–H and O–H groups in total. The number of likely N-dealkylation sites (N-methyl/N-ethyl adjacent to an activating group) is 3. The van der Waals surface area contributed by atoms with Crippen molar-refractivity contribution in [3.63, 3.8) is 0 Å². The molecular weight excluding hydrogens is 1550 g/mol. The molecule has 14 rings (SSSR count). The number of fused-ring (bicyclic) bond motifs is 3. The van der Waals surface area contributed by atoms with Crippen LogP contribution in [0, 0.1) is 45.7 Å². The summed E-state index contributed by atoms with van der Waals surface area (Å²) in [5.41, 5.74) is 4.65. The molecule has 3 atom stereocenters. The van der Waals surface area contributed by atoms with Gasteiger partial charge in [0.05, 0.1) is 18.5 Å². The van der Waals surface area contributed by atoms with Gasteiger partial charge in [-0.25, -0.2) is 45.5 Å². The molecule has 5 aliphatic carbocycles. The SMILES string of the molecule is CC1(C(=O)O)CCCCC1.CN(C(=O)N(CC(=O)Cc1ccc2c(c1)C[C@@]1(C2)C(=O)NC(=O)N1C)Cc1cc(F)cc(F)c1)C(C)(C)C.CN1C(=O)NC(=O)[C@@]12Cc1ccc(CC(=O)CN(Cc3cc(F)cc(F)c3)C(=O)C3(C)CCCCC3)cc1C2.CN1C(=O)NC(=O)[C@@]12Cc1ccc(CC(=O)C[NH2+]Cc3cc(F)cc(F)c3)cc1C2.[Cl-]. The molecule has 3 aliphatic heterocycles. The summed E-state index contributed by atoms with van der Waals surface area (Å²) >= 11 is 0. The van der Waals surface area contributed by atoms with Gasteiger partial charge in [0.1, 0.15) is 64.6 Å². The molecule has 6 aromatic rings. The second kappa shape index (κ2) is 36.2. The van der Waals surface area contributed by atoms with Gasteiger partial charge in [0.25, 0.3) is 17.7 Å². The number of benzene rings is 6. The number of nitrogens with one attached hydrogen (secondary N) is 3. The molecule has 12 amide bonds. The first-order valence-electron chi connectivity index (χ1n) is 39.5. The smallest absolute Gasteiger partial charge is 0.324 e. The van der Waals surface area contributed by atoms with Gasteiger partial charge < -0.3 is 52.2 Å². The zero-order valence-corrected chi connectivity index (χ0v) is 68.6. The highest BCUT2D eigenvalue weighted by atomic mass is 35.5. The average Bonchev–Trinajstić information content (AvgIpc) is 1.59. The van der Waals surface area contributed by atoms with Crippen LogP contribution in [-0.4, -0.2) is 176 Å². The summed E-state index contributed by atoms with van der Waals surface area (Å²) in [6.45, 7) is 9.19. The zero-order chi connectivity index (χ0) is 85.0. The number of rotatable bonds is 20. The third-order valence-corrected chi connectivity index (χ3v) is 24.5. The van der Waals surface area contributed by atoms with Crippen LogP contribution in [0.3, 0.4) is 0 Å². The van der Waals surface area contributed by atoms with Crippen molar-refractivity contribution >= 4 is 71.1 Å². The van der Waals surface area contributed by atoms with Crippen molar-refractivity contribution in [1.82, 2.24) is 45.3 Å². The van der Waals surface area contributed by atoms with Crippen LogP contribution < -0.4 is 33.7 Å². The topological polar surface area (TPSA) is 297 Å². The summed E-state index contributed by atoms with van der Waals surface area (Å²) < 4.78 is 81.8. The van der Waals surface area contributed by atoms with Crippen LogP contribution in [0.15, 0.2) is 109 Å². The minimum atomic E-state index is -0.955. The van der Waals surface area contributed by atoms with E-state index in [0.717, 1.165) is 120 Å². The predicted octanol–water partition coefficient (Wildman–Crippen LogP) is 7.45. The quantitative estimate of drug-likeness (QED) is 0.0367. The molecule has 630 valence electrons. The standard InChI is InChI=1S/C30H33F2N3O4.C28H32F2N4O4.C22H21F2N3O3.C8H14O2.ClH/c1-29(8-4-3-5-9-29)27(38)35(17-20-11-23(31)14-24(32)12-20)18-25(36)13-19-6-7-21-15-30(16-22(21)10-19)26(37)33-28(39)34(30)2;1-27(2,3)33(5)26(38)34(15-18-9-21(29)12-22(30)10-18)16-23(35)11-17-6-7-19-13-28(14-20(19)8-17)24(36)31-25(37)32(28)4;1-27-21(30)26-20(29)22(27)9-15-3-2-13(4-16(15)10-22)7-19(28)12-25-11-14-5-17(23)8-18(24)6-14;1-8(7(9)10)5-3-2-4-6-8;/h6-7,10-12,14H,3-5,8-9,13,15-18H2,1-2H3,(H,33,37,39);6-10,12H,11,13-16H2,1-5H3,(H,31,36,37);2-6,8,25H,7,9-12H2,1H3,(H,26,29,30);2-6H2,1H3,(H,9,10);1H/t30-;28-;22-;;/m000../s1. The van der Waals surface area contributed by atoms with E-state index in [-0.39, 0.29) is 111 Å². The molecule has 23 nitrogen and oxygen atoms in total. The van der Waals surface area contributed by atoms with E-state index < -0.39 is 98.0 Å². The molecule has 6 aromatic carbocycles. The van der Waals surface area contributed by atoms with E-state index in [4.69, 9.17) is 5.11 Å². The number of imide groups is 3. The number of carbonyl (C=O) groups is 12. The van der Waals surface area contributed by atoms with Crippen molar-refractivity contribution in [1.29, 1.82) is 0 Å². The van der Waals surface area contributed by atoms with Gasteiger partial charge in [0.15, 0.2) is 17.3 Å². The Balaban J connectivity index is 0.000000176. The lowest BCUT2D eigenvalue weighted by Gasteiger charge is -2.37. The number of ketones is 3. The summed E-state index contributed by atoms with van der Waals surface area (Å²) in [5, 5.41) is 17.6. The second-order valence-electron chi connectivity index (χ2n) is 34.2. The summed E-state index contributed by atoms with van der Waals surface area (Å²) in [7, 11) is 6.45. The number of urea groups is 4. The second-order valence-corrected chi connectivity index (χ2v) is 34.2. The minimum absolute atomic E-state index is 0. The van der Waals surface area contributed by atoms with Crippen LogP contribution in [0.2, 0.25) is 0 Å². The maximum atomic E-state index is 13.9. The van der Waals surface area contributed by atoms with Crippen molar-refractivity contribution in [2.24, 2.45) is 10.8 Å². The van der Waals surface area contributed by atoms with E-state index in [2.05, 4.69) is 16.0 Å².